The zero-order valence-electron chi connectivity index (χ0n) is 19.3. The lowest BCUT2D eigenvalue weighted by Crippen LogP contribution is -2.20. The van der Waals surface area contributed by atoms with E-state index in [1.165, 1.54) is 22.4 Å². The molecule has 3 nitrogen and oxygen atoms in total. The molecule has 3 heteroatoms. The molecule has 0 aliphatic heterocycles. The third-order valence-corrected chi connectivity index (χ3v) is 5.16. The highest BCUT2D eigenvalue weighted by Gasteiger charge is 2.12. The Bertz CT molecular complexity index is 949. The van der Waals surface area contributed by atoms with E-state index in [4.69, 9.17) is 0 Å². The van der Waals surface area contributed by atoms with Crippen LogP contribution in [0.1, 0.15) is 30.5 Å². The first kappa shape index (κ1) is 23.2. The van der Waals surface area contributed by atoms with E-state index in [2.05, 4.69) is 100 Å². The lowest BCUT2D eigenvalue weighted by Gasteiger charge is -2.22. The van der Waals surface area contributed by atoms with Crippen LogP contribution in [0.3, 0.4) is 0 Å². The average molecular weight is 402 g/mol. The summed E-state index contributed by atoms with van der Waals surface area (Å²) in [6.07, 6.45) is 14.7. The van der Waals surface area contributed by atoms with E-state index in [9.17, 15) is 0 Å². The topological polar surface area (TPSA) is 19.4 Å². The minimum Gasteiger partial charge on any atom is -0.377 e. The second-order valence-electron chi connectivity index (χ2n) is 8.09. The Morgan fingerprint density at radius 3 is 2.40 bits per heavy atom. The summed E-state index contributed by atoms with van der Waals surface area (Å²) < 4.78 is 0. The largest absolute Gasteiger partial charge is 0.377 e. The normalized spacial score (nSPS) is 11.8. The van der Waals surface area contributed by atoms with Crippen LogP contribution in [0.15, 0.2) is 74.3 Å². The molecule has 158 valence electrons. The maximum absolute atomic E-state index is 4.56. The predicted molar refractivity (Wildman–Crippen MR) is 133 cm³/mol. The number of aromatic nitrogens is 1. The molecule has 0 amide bonds. The van der Waals surface area contributed by atoms with Crippen LogP contribution >= 0.6 is 0 Å². The molecule has 0 N–H and O–H groups in total. The molecule has 0 atom stereocenters. The van der Waals surface area contributed by atoms with E-state index in [0.717, 1.165) is 23.1 Å². The molecule has 0 fully saturated rings. The van der Waals surface area contributed by atoms with Crippen molar-refractivity contribution in [2.24, 2.45) is 0 Å². The van der Waals surface area contributed by atoms with Crippen molar-refractivity contribution < 1.29 is 0 Å². The van der Waals surface area contributed by atoms with Gasteiger partial charge in [-0.3, -0.25) is 4.98 Å². The highest BCUT2D eigenvalue weighted by Crippen LogP contribution is 2.32. The van der Waals surface area contributed by atoms with Crippen molar-refractivity contribution in [3.05, 3.63) is 90.9 Å². The first-order valence-electron chi connectivity index (χ1n) is 10.4. The van der Waals surface area contributed by atoms with Crippen molar-refractivity contribution in [2.75, 3.05) is 26.0 Å². The van der Waals surface area contributed by atoms with Crippen LogP contribution in [0.5, 0.6) is 0 Å². The first-order valence-corrected chi connectivity index (χ1v) is 10.4. The van der Waals surface area contributed by atoms with Gasteiger partial charge in [0, 0.05) is 62.6 Å². The highest BCUT2D eigenvalue weighted by molar-refractivity contribution is 5.78. The lowest BCUT2D eigenvalue weighted by atomic mass is 9.95. The molecule has 30 heavy (non-hydrogen) atoms. The van der Waals surface area contributed by atoms with Gasteiger partial charge in [-0.25, -0.2) is 0 Å². The summed E-state index contributed by atoms with van der Waals surface area (Å²) in [5.74, 6) is 0. The van der Waals surface area contributed by atoms with Crippen LogP contribution in [0.4, 0.5) is 5.69 Å². The summed E-state index contributed by atoms with van der Waals surface area (Å²) in [6, 6.07) is 7.12. The Morgan fingerprint density at radius 1 is 1.07 bits per heavy atom. The van der Waals surface area contributed by atoms with Crippen LogP contribution in [-0.4, -0.2) is 37.1 Å². The Labute approximate surface area is 182 Å². The number of nitrogens with zero attached hydrogens (tertiary/aromatic N) is 3. The Hall–Kier alpha value is -3.07. The predicted octanol–water partition coefficient (Wildman–Crippen LogP) is 6.27. The molecular formula is C27H35N3. The van der Waals surface area contributed by atoms with Gasteiger partial charge in [0.15, 0.2) is 0 Å². The van der Waals surface area contributed by atoms with E-state index in [1.807, 2.05) is 24.5 Å². The first-order chi connectivity index (χ1) is 14.3. The molecular weight excluding hydrogens is 366 g/mol. The van der Waals surface area contributed by atoms with E-state index >= 15 is 0 Å². The number of anilines is 1. The molecule has 0 radical (unpaired) electrons. The molecule has 0 saturated carbocycles. The number of benzene rings is 1. The van der Waals surface area contributed by atoms with Crippen molar-refractivity contribution in [3.8, 4) is 11.1 Å². The van der Waals surface area contributed by atoms with Crippen LogP contribution < -0.4 is 4.90 Å². The van der Waals surface area contributed by atoms with Gasteiger partial charge in [-0.05, 0) is 67.7 Å². The lowest BCUT2D eigenvalue weighted by molar-refractivity contribution is 0.377. The monoisotopic (exact) mass is 401 g/mol. The molecule has 0 unspecified atom stereocenters. The van der Waals surface area contributed by atoms with Crippen LogP contribution in [0.25, 0.3) is 16.7 Å². The summed E-state index contributed by atoms with van der Waals surface area (Å²) in [5, 5.41) is 0. The Balaban J connectivity index is 2.58. The molecule has 2 aromatic rings. The minimum atomic E-state index is 0.413. The zero-order chi connectivity index (χ0) is 22.3. The number of pyridine rings is 1. The van der Waals surface area contributed by atoms with Crippen molar-refractivity contribution in [1.82, 2.24) is 9.88 Å². The molecule has 1 aromatic carbocycles. The second kappa shape index (κ2) is 10.6. The fourth-order valence-electron chi connectivity index (χ4n) is 3.48. The van der Waals surface area contributed by atoms with Crippen LogP contribution in [0, 0.1) is 6.92 Å². The van der Waals surface area contributed by atoms with Gasteiger partial charge in [-0.15, -0.1) is 6.58 Å². The molecule has 2 rings (SSSR count). The van der Waals surface area contributed by atoms with E-state index in [-0.39, 0.29) is 0 Å². The van der Waals surface area contributed by atoms with Crippen molar-refractivity contribution in [2.45, 2.75) is 33.2 Å². The molecule has 1 heterocycles. The molecule has 1 aromatic heterocycles. The summed E-state index contributed by atoms with van der Waals surface area (Å²) in [7, 11) is 6.27. The van der Waals surface area contributed by atoms with E-state index in [1.54, 1.807) is 6.08 Å². The summed E-state index contributed by atoms with van der Waals surface area (Å²) in [6.45, 7) is 14.3. The second-order valence-corrected chi connectivity index (χ2v) is 8.09. The van der Waals surface area contributed by atoms with Gasteiger partial charge in [-0.1, -0.05) is 30.9 Å². The Morgan fingerprint density at radius 2 is 1.80 bits per heavy atom. The van der Waals surface area contributed by atoms with Gasteiger partial charge < -0.3 is 9.80 Å². The van der Waals surface area contributed by atoms with E-state index in [0.29, 0.717) is 6.04 Å². The molecule has 0 aliphatic rings. The highest BCUT2D eigenvalue weighted by atomic mass is 15.1. The summed E-state index contributed by atoms with van der Waals surface area (Å²) >= 11 is 0. The van der Waals surface area contributed by atoms with Gasteiger partial charge >= 0.3 is 0 Å². The van der Waals surface area contributed by atoms with Gasteiger partial charge in [-0.2, -0.15) is 0 Å². The summed E-state index contributed by atoms with van der Waals surface area (Å²) in [4.78, 5) is 8.93. The van der Waals surface area contributed by atoms with Crippen molar-refractivity contribution >= 4 is 11.3 Å². The maximum atomic E-state index is 4.56. The standard InChI is InChI=1S/C27H35N3/c1-9-11-13-23(19-30(8)20(3)4)25-16-26(18-28-17-25)24-14-21(5)27(29(6)7)22(15-24)12-10-2/h9-11,13-20H,1-2,12H2,3-8H3/b13-11-,23-19+. The average Bonchev–Trinajstić information content (AvgIpc) is 2.70. The number of hydrogen-bond donors (Lipinski definition) is 0. The van der Waals surface area contributed by atoms with Gasteiger partial charge in [0.05, 0.1) is 0 Å². The number of aryl methyl sites for hydroxylation is 1. The van der Waals surface area contributed by atoms with Gasteiger partial charge in [0.25, 0.3) is 0 Å². The molecule has 0 bridgehead atoms. The maximum Gasteiger partial charge on any atom is 0.0426 e. The minimum absolute atomic E-state index is 0.413. The fourth-order valence-corrected chi connectivity index (χ4v) is 3.48. The van der Waals surface area contributed by atoms with Gasteiger partial charge in [0.1, 0.15) is 0 Å². The van der Waals surface area contributed by atoms with Crippen molar-refractivity contribution in [3.63, 3.8) is 0 Å². The zero-order valence-corrected chi connectivity index (χ0v) is 19.3. The van der Waals surface area contributed by atoms with Gasteiger partial charge in [0.2, 0.25) is 0 Å². The fraction of sp³-hybridized carbons (Fsp3) is 0.296. The third kappa shape index (κ3) is 5.73. The number of rotatable bonds is 9. The Kier molecular flexibility index (Phi) is 8.23. The molecule has 0 aliphatic carbocycles. The molecule has 0 saturated heterocycles. The quantitative estimate of drug-likeness (QED) is 0.364. The number of allylic oxidation sites excluding steroid dienone is 5. The van der Waals surface area contributed by atoms with Crippen LogP contribution in [-0.2, 0) is 6.42 Å². The SMILES string of the molecule is C=C/C=C\C(=C/N(C)C(C)C)c1cncc(-c2cc(C)c(N(C)C)c(CC=C)c2)c1. The molecule has 0 spiro atoms. The van der Waals surface area contributed by atoms with Crippen molar-refractivity contribution in [1.29, 1.82) is 0 Å². The van der Waals surface area contributed by atoms with Crippen LogP contribution in [0.2, 0.25) is 0 Å². The third-order valence-electron chi connectivity index (χ3n) is 5.16. The smallest absolute Gasteiger partial charge is 0.0426 e. The summed E-state index contributed by atoms with van der Waals surface area (Å²) in [5.41, 5.74) is 8.26. The number of hydrogen-bond acceptors (Lipinski definition) is 3. The van der Waals surface area contributed by atoms with E-state index < -0.39 is 0 Å².